The van der Waals surface area contributed by atoms with Gasteiger partial charge in [0.2, 0.25) is 5.91 Å². The number of hydrogen-bond donors (Lipinski definition) is 1. The fraction of sp³-hybridized carbons (Fsp3) is 0.650. The summed E-state index contributed by atoms with van der Waals surface area (Å²) in [4.78, 5) is 13.0. The van der Waals surface area contributed by atoms with E-state index < -0.39 is 0 Å². The van der Waals surface area contributed by atoms with Gasteiger partial charge in [-0.25, -0.2) is 0 Å². The van der Waals surface area contributed by atoms with Crippen LogP contribution in [-0.2, 0) is 4.79 Å². The normalized spacial score (nSPS) is 34.7. The van der Waals surface area contributed by atoms with Crippen LogP contribution >= 0.6 is 0 Å². The number of ether oxygens (including phenoxy) is 1. The molecule has 0 spiro atoms. The minimum atomic E-state index is -0.0815. The molecule has 0 atom stereocenters. The van der Waals surface area contributed by atoms with E-state index in [1.54, 1.807) is 0 Å². The van der Waals surface area contributed by atoms with Crippen LogP contribution in [-0.4, -0.2) is 12.0 Å². The van der Waals surface area contributed by atoms with Gasteiger partial charge in [-0.15, -0.1) is 0 Å². The fourth-order valence-corrected chi connectivity index (χ4v) is 5.54. The Morgan fingerprint density at radius 1 is 1.04 bits per heavy atom. The van der Waals surface area contributed by atoms with Gasteiger partial charge in [0, 0.05) is 5.69 Å². The maximum Gasteiger partial charge on any atom is 0.230 e. The van der Waals surface area contributed by atoms with E-state index >= 15 is 0 Å². The van der Waals surface area contributed by atoms with E-state index in [1.807, 2.05) is 38.1 Å². The van der Waals surface area contributed by atoms with Crippen LogP contribution in [0.5, 0.6) is 5.75 Å². The monoisotopic (exact) mass is 313 g/mol. The number of carbonyl (C=O) groups is 1. The number of hydrogen-bond acceptors (Lipinski definition) is 2. The molecule has 3 nitrogen and oxygen atoms in total. The number of benzene rings is 1. The topological polar surface area (TPSA) is 38.3 Å². The van der Waals surface area contributed by atoms with Crippen LogP contribution in [0.25, 0.3) is 0 Å². The van der Waals surface area contributed by atoms with Crippen molar-refractivity contribution in [3.63, 3.8) is 0 Å². The largest absolute Gasteiger partial charge is 0.491 e. The molecule has 0 aromatic heterocycles. The van der Waals surface area contributed by atoms with E-state index in [9.17, 15) is 4.79 Å². The molecule has 1 aromatic carbocycles. The van der Waals surface area contributed by atoms with Crippen molar-refractivity contribution >= 4 is 11.6 Å². The number of anilines is 1. The van der Waals surface area contributed by atoms with Crippen molar-refractivity contribution in [2.45, 2.75) is 58.5 Å². The Morgan fingerprint density at radius 3 is 2.04 bits per heavy atom. The van der Waals surface area contributed by atoms with E-state index in [-0.39, 0.29) is 17.4 Å². The highest BCUT2D eigenvalue weighted by molar-refractivity contribution is 5.95. The fourth-order valence-electron chi connectivity index (χ4n) is 5.54. The maximum atomic E-state index is 13.0. The van der Waals surface area contributed by atoms with Gasteiger partial charge in [-0.05, 0) is 94.4 Å². The second-order valence-corrected chi connectivity index (χ2v) is 8.34. The lowest BCUT2D eigenvalue weighted by molar-refractivity contribution is -0.140. The van der Waals surface area contributed by atoms with Gasteiger partial charge in [0.1, 0.15) is 5.75 Å². The molecule has 4 bridgehead atoms. The summed E-state index contributed by atoms with van der Waals surface area (Å²) in [5.41, 5.74) is 0.809. The lowest BCUT2D eigenvalue weighted by Gasteiger charge is -2.55. The molecule has 0 aliphatic heterocycles. The molecule has 4 saturated carbocycles. The van der Waals surface area contributed by atoms with Crippen LogP contribution in [0.15, 0.2) is 24.3 Å². The smallest absolute Gasteiger partial charge is 0.230 e. The van der Waals surface area contributed by atoms with E-state index in [2.05, 4.69) is 5.32 Å². The van der Waals surface area contributed by atoms with Gasteiger partial charge >= 0.3 is 0 Å². The van der Waals surface area contributed by atoms with Crippen molar-refractivity contribution in [2.24, 2.45) is 23.2 Å². The lowest BCUT2D eigenvalue weighted by atomic mass is 9.49. The Hall–Kier alpha value is -1.51. The van der Waals surface area contributed by atoms with Crippen LogP contribution < -0.4 is 10.1 Å². The quantitative estimate of drug-likeness (QED) is 0.880. The Bertz CT molecular complexity index is 555. The van der Waals surface area contributed by atoms with Crippen molar-refractivity contribution in [2.75, 3.05) is 5.32 Å². The maximum absolute atomic E-state index is 13.0. The lowest BCUT2D eigenvalue weighted by Crippen LogP contribution is -2.51. The van der Waals surface area contributed by atoms with Gasteiger partial charge in [0.15, 0.2) is 0 Å². The van der Waals surface area contributed by atoms with Crippen LogP contribution in [0.2, 0.25) is 0 Å². The van der Waals surface area contributed by atoms with Crippen molar-refractivity contribution in [1.29, 1.82) is 0 Å². The van der Waals surface area contributed by atoms with Crippen LogP contribution in [0.1, 0.15) is 52.4 Å². The summed E-state index contributed by atoms with van der Waals surface area (Å²) in [6, 6.07) is 7.79. The molecule has 4 aliphatic carbocycles. The van der Waals surface area contributed by atoms with E-state index in [1.165, 1.54) is 19.3 Å². The van der Waals surface area contributed by atoms with E-state index in [4.69, 9.17) is 4.74 Å². The summed E-state index contributed by atoms with van der Waals surface area (Å²) in [6.07, 6.45) is 7.61. The van der Waals surface area contributed by atoms with E-state index in [0.29, 0.717) is 0 Å². The van der Waals surface area contributed by atoms with Crippen LogP contribution in [0.4, 0.5) is 5.69 Å². The number of carbonyl (C=O) groups excluding carboxylic acids is 1. The predicted octanol–water partition coefficient (Wildman–Crippen LogP) is 4.63. The summed E-state index contributed by atoms with van der Waals surface area (Å²) in [5.74, 6) is 3.51. The minimum absolute atomic E-state index is 0.0815. The molecule has 5 rings (SSSR count). The van der Waals surface area contributed by atoms with Crippen LogP contribution in [0, 0.1) is 23.2 Å². The van der Waals surface area contributed by atoms with Gasteiger partial charge < -0.3 is 10.1 Å². The van der Waals surface area contributed by atoms with Crippen molar-refractivity contribution in [3.8, 4) is 5.75 Å². The Morgan fingerprint density at radius 2 is 1.57 bits per heavy atom. The van der Waals surface area contributed by atoms with Gasteiger partial charge in [-0.3, -0.25) is 4.79 Å². The molecule has 1 aromatic rings. The van der Waals surface area contributed by atoms with E-state index in [0.717, 1.165) is 48.5 Å². The first-order valence-corrected chi connectivity index (χ1v) is 9.10. The third kappa shape index (κ3) is 2.86. The van der Waals surface area contributed by atoms with Gasteiger partial charge in [0.05, 0.1) is 11.5 Å². The first-order valence-electron chi connectivity index (χ1n) is 9.10. The molecule has 4 fully saturated rings. The SMILES string of the molecule is CC(C)Oc1ccc(NC(=O)C23CC4CC(CC(C4)C2)C3)cc1. The molecule has 3 heteroatoms. The molecule has 0 heterocycles. The standard InChI is InChI=1S/C20H27NO2/c1-13(2)23-18-5-3-17(4-6-18)21-19(22)20-10-14-7-15(11-20)9-16(8-14)12-20/h3-6,13-16H,7-12H2,1-2H3,(H,21,22). The molecule has 1 N–H and O–H groups in total. The highest BCUT2D eigenvalue weighted by Gasteiger charge is 2.54. The number of amides is 1. The Balaban J connectivity index is 1.45. The molecule has 0 saturated heterocycles. The highest BCUT2D eigenvalue weighted by atomic mass is 16.5. The van der Waals surface area contributed by atoms with Gasteiger partial charge in [0.25, 0.3) is 0 Å². The third-order valence-electron chi connectivity index (χ3n) is 6.00. The molecule has 23 heavy (non-hydrogen) atoms. The minimum Gasteiger partial charge on any atom is -0.491 e. The summed E-state index contributed by atoms with van der Waals surface area (Å²) >= 11 is 0. The molecule has 0 unspecified atom stereocenters. The molecule has 4 aliphatic rings. The average Bonchev–Trinajstić information content (AvgIpc) is 2.47. The number of nitrogens with one attached hydrogen (secondary N) is 1. The molecule has 124 valence electrons. The summed E-state index contributed by atoms with van der Waals surface area (Å²) in [6.45, 7) is 4.03. The Kier molecular flexibility index (Phi) is 3.62. The zero-order valence-electron chi connectivity index (χ0n) is 14.2. The third-order valence-corrected chi connectivity index (χ3v) is 6.00. The molecular formula is C20H27NO2. The van der Waals surface area contributed by atoms with Crippen molar-refractivity contribution < 1.29 is 9.53 Å². The zero-order chi connectivity index (χ0) is 16.0. The van der Waals surface area contributed by atoms with Crippen molar-refractivity contribution in [3.05, 3.63) is 24.3 Å². The summed E-state index contributed by atoms with van der Waals surface area (Å²) < 4.78 is 5.66. The zero-order valence-corrected chi connectivity index (χ0v) is 14.2. The molecular weight excluding hydrogens is 286 g/mol. The Labute approximate surface area is 138 Å². The number of rotatable bonds is 4. The second kappa shape index (κ2) is 5.54. The second-order valence-electron chi connectivity index (χ2n) is 8.34. The first-order chi connectivity index (χ1) is 11.0. The summed E-state index contributed by atoms with van der Waals surface area (Å²) in [5, 5.41) is 3.18. The van der Waals surface area contributed by atoms with Gasteiger partial charge in [-0.2, -0.15) is 0 Å². The van der Waals surface area contributed by atoms with Crippen LogP contribution in [0.3, 0.4) is 0 Å². The highest BCUT2D eigenvalue weighted by Crippen LogP contribution is 2.60. The first kappa shape index (κ1) is 15.0. The molecule has 0 radical (unpaired) electrons. The molecule has 1 amide bonds. The summed E-state index contributed by atoms with van der Waals surface area (Å²) in [7, 11) is 0. The average molecular weight is 313 g/mol. The predicted molar refractivity (Wildman–Crippen MR) is 91.4 cm³/mol. The van der Waals surface area contributed by atoms with Crippen molar-refractivity contribution in [1.82, 2.24) is 0 Å². The van der Waals surface area contributed by atoms with Gasteiger partial charge in [-0.1, -0.05) is 0 Å².